The van der Waals surface area contributed by atoms with Crippen molar-refractivity contribution in [1.29, 1.82) is 5.26 Å². The molecule has 2 N–H and O–H groups in total. The largest absolute Gasteiger partial charge is 0.465 e. The molecular formula is C19H20FN5O3. The van der Waals surface area contributed by atoms with Crippen molar-refractivity contribution < 1.29 is 14.3 Å². The zero-order valence-electron chi connectivity index (χ0n) is 15.4. The van der Waals surface area contributed by atoms with Gasteiger partial charge in [-0.25, -0.2) is 14.2 Å². The lowest BCUT2D eigenvalue weighted by Gasteiger charge is -2.37. The van der Waals surface area contributed by atoms with Gasteiger partial charge in [-0.1, -0.05) is 6.07 Å². The second-order valence-electron chi connectivity index (χ2n) is 6.48. The second-order valence-corrected chi connectivity index (χ2v) is 6.48. The Balaban J connectivity index is 2.10. The fourth-order valence-electron chi connectivity index (χ4n) is 3.39. The molecule has 9 heteroatoms. The van der Waals surface area contributed by atoms with Crippen molar-refractivity contribution in [1.82, 2.24) is 14.9 Å². The minimum absolute atomic E-state index is 0.0902. The van der Waals surface area contributed by atoms with Gasteiger partial charge in [-0.2, -0.15) is 5.26 Å². The van der Waals surface area contributed by atoms with E-state index in [-0.39, 0.29) is 16.8 Å². The first-order chi connectivity index (χ1) is 13.4. The van der Waals surface area contributed by atoms with E-state index in [1.54, 1.807) is 17.9 Å². The summed E-state index contributed by atoms with van der Waals surface area (Å²) in [6, 6.07) is 7.12. The van der Waals surface area contributed by atoms with E-state index in [2.05, 4.69) is 10.3 Å². The third-order valence-electron chi connectivity index (χ3n) is 4.74. The van der Waals surface area contributed by atoms with Gasteiger partial charge in [-0.15, -0.1) is 0 Å². The number of hydrogen-bond donors (Lipinski definition) is 2. The van der Waals surface area contributed by atoms with Crippen LogP contribution < -0.4 is 15.8 Å². The van der Waals surface area contributed by atoms with Crippen molar-refractivity contribution >= 4 is 12.0 Å². The van der Waals surface area contributed by atoms with Crippen LogP contribution in [0.15, 0.2) is 29.1 Å². The molecule has 1 amide bonds. The fourth-order valence-corrected chi connectivity index (χ4v) is 3.39. The number of carbonyl (C=O) groups is 1. The number of piperidine rings is 1. The third kappa shape index (κ3) is 3.81. The summed E-state index contributed by atoms with van der Waals surface area (Å²) >= 11 is 0. The van der Waals surface area contributed by atoms with Gasteiger partial charge in [-0.3, -0.25) is 9.36 Å². The molecule has 28 heavy (non-hydrogen) atoms. The van der Waals surface area contributed by atoms with Crippen LogP contribution in [-0.4, -0.2) is 33.5 Å². The predicted octanol–water partition coefficient (Wildman–Crippen LogP) is 2.52. The lowest BCUT2D eigenvalue weighted by molar-refractivity contribution is 0.186. The van der Waals surface area contributed by atoms with Gasteiger partial charge in [0.25, 0.3) is 5.56 Å². The number of halogens is 1. The number of rotatable bonds is 4. The topological polar surface area (TPSA) is 111 Å². The summed E-state index contributed by atoms with van der Waals surface area (Å²) in [7, 11) is 0. The van der Waals surface area contributed by atoms with Crippen molar-refractivity contribution in [2.75, 3.05) is 11.4 Å². The molecule has 1 aromatic carbocycles. The molecule has 0 radical (unpaired) electrons. The van der Waals surface area contributed by atoms with E-state index in [1.165, 1.54) is 28.8 Å². The summed E-state index contributed by atoms with van der Waals surface area (Å²) < 4.78 is 15.5. The molecule has 1 fully saturated rings. The monoisotopic (exact) mass is 385 g/mol. The molecule has 1 unspecified atom stereocenters. The van der Waals surface area contributed by atoms with E-state index in [0.29, 0.717) is 31.0 Å². The first-order valence-corrected chi connectivity index (χ1v) is 9.02. The zero-order valence-corrected chi connectivity index (χ0v) is 15.4. The highest BCUT2D eigenvalue weighted by atomic mass is 19.1. The minimum atomic E-state index is -1.15. The number of hydrogen-bond acceptors (Lipinski definition) is 5. The Labute approximate surface area is 160 Å². The van der Waals surface area contributed by atoms with Crippen LogP contribution in [0.1, 0.15) is 31.7 Å². The molecule has 2 aromatic rings. The molecule has 3 rings (SSSR count). The van der Waals surface area contributed by atoms with E-state index >= 15 is 0 Å². The van der Waals surface area contributed by atoms with Gasteiger partial charge in [0, 0.05) is 24.7 Å². The number of benzene rings is 1. The van der Waals surface area contributed by atoms with Crippen LogP contribution in [0.25, 0.3) is 11.3 Å². The number of amides is 1. The Morgan fingerprint density at radius 1 is 1.43 bits per heavy atom. The van der Waals surface area contributed by atoms with E-state index in [9.17, 15) is 14.0 Å². The summed E-state index contributed by atoms with van der Waals surface area (Å²) in [6.07, 6.45) is 0.657. The van der Waals surface area contributed by atoms with Gasteiger partial charge in [0.2, 0.25) is 5.95 Å². The maximum Gasteiger partial charge on any atom is 0.406 e. The molecule has 0 aliphatic carbocycles. The Morgan fingerprint density at radius 2 is 2.21 bits per heavy atom. The minimum Gasteiger partial charge on any atom is -0.465 e. The highest BCUT2D eigenvalue weighted by molar-refractivity contribution is 5.66. The van der Waals surface area contributed by atoms with Gasteiger partial charge >= 0.3 is 6.09 Å². The van der Waals surface area contributed by atoms with E-state index in [4.69, 9.17) is 10.4 Å². The molecular weight excluding hydrogens is 365 g/mol. The second kappa shape index (κ2) is 8.08. The SMILES string of the molecule is CCn1c(N2CCCCC2NC(=O)O)nc(-c2ccc(C#N)c(F)c2)cc1=O. The average molecular weight is 385 g/mol. The summed E-state index contributed by atoms with van der Waals surface area (Å²) in [5.74, 6) is -0.348. The smallest absolute Gasteiger partial charge is 0.406 e. The number of anilines is 1. The normalized spacial score (nSPS) is 16.5. The fraction of sp³-hybridized carbons (Fsp3) is 0.368. The van der Waals surface area contributed by atoms with Crippen LogP contribution in [0.5, 0.6) is 0 Å². The molecule has 8 nitrogen and oxygen atoms in total. The molecule has 1 aliphatic heterocycles. The molecule has 2 heterocycles. The third-order valence-corrected chi connectivity index (χ3v) is 4.74. The van der Waals surface area contributed by atoms with Crippen LogP contribution in [0.4, 0.5) is 15.1 Å². The van der Waals surface area contributed by atoms with Crippen molar-refractivity contribution in [3.63, 3.8) is 0 Å². The maximum absolute atomic E-state index is 14.0. The average Bonchev–Trinajstić information content (AvgIpc) is 2.67. The summed E-state index contributed by atoms with van der Waals surface area (Å²) in [6.45, 7) is 2.71. The lowest BCUT2D eigenvalue weighted by atomic mass is 10.1. The van der Waals surface area contributed by atoms with Crippen molar-refractivity contribution in [2.45, 2.75) is 38.9 Å². The van der Waals surface area contributed by atoms with Crippen LogP contribution in [0, 0.1) is 17.1 Å². The Morgan fingerprint density at radius 3 is 2.86 bits per heavy atom. The quantitative estimate of drug-likeness (QED) is 0.837. The molecule has 0 bridgehead atoms. The summed E-state index contributed by atoms with van der Waals surface area (Å²) in [5, 5.41) is 20.5. The Kier molecular flexibility index (Phi) is 5.59. The van der Waals surface area contributed by atoms with Gasteiger partial charge in [0.1, 0.15) is 18.1 Å². The molecule has 0 spiro atoms. The lowest BCUT2D eigenvalue weighted by Crippen LogP contribution is -2.52. The molecule has 0 saturated carbocycles. The Bertz CT molecular complexity index is 998. The standard InChI is InChI=1S/C19H20FN5O3/c1-2-24-17(26)10-15(12-6-7-13(11-21)14(20)9-12)22-18(24)25-8-4-3-5-16(25)23-19(27)28/h6-7,9-10,16,23H,2-5,8H2,1H3,(H,27,28). The van der Waals surface area contributed by atoms with Gasteiger partial charge < -0.3 is 15.3 Å². The molecule has 1 saturated heterocycles. The first-order valence-electron chi connectivity index (χ1n) is 9.02. The molecule has 146 valence electrons. The Hall–Kier alpha value is -3.41. The van der Waals surface area contributed by atoms with E-state index in [0.717, 1.165) is 12.8 Å². The molecule has 1 aliphatic rings. The zero-order chi connectivity index (χ0) is 20.3. The number of nitriles is 1. The van der Waals surface area contributed by atoms with Crippen LogP contribution in [0.2, 0.25) is 0 Å². The van der Waals surface area contributed by atoms with Gasteiger partial charge in [0.15, 0.2) is 0 Å². The maximum atomic E-state index is 14.0. The molecule has 1 aromatic heterocycles. The highest BCUT2D eigenvalue weighted by Crippen LogP contribution is 2.25. The van der Waals surface area contributed by atoms with Gasteiger partial charge in [-0.05, 0) is 38.3 Å². The van der Waals surface area contributed by atoms with E-state index < -0.39 is 18.1 Å². The van der Waals surface area contributed by atoms with Gasteiger partial charge in [0.05, 0.1) is 11.3 Å². The number of nitrogens with zero attached hydrogens (tertiary/aromatic N) is 4. The van der Waals surface area contributed by atoms with Crippen molar-refractivity contribution in [2.24, 2.45) is 0 Å². The van der Waals surface area contributed by atoms with Crippen LogP contribution in [0.3, 0.4) is 0 Å². The van der Waals surface area contributed by atoms with Crippen LogP contribution in [-0.2, 0) is 6.54 Å². The van der Waals surface area contributed by atoms with E-state index in [1.807, 2.05) is 0 Å². The summed E-state index contributed by atoms with van der Waals surface area (Å²) in [4.78, 5) is 30.1. The highest BCUT2D eigenvalue weighted by Gasteiger charge is 2.27. The first kappa shape index (κ1) is 19.4. The number of aromatic nitrogens is 2. The number of nitrogens with one attached hydrogen (secondary N) is 1. The van der Waals surface area contributed by atoms with Crippen LogP contribution >= 0.6 is 0 Å². The van der Waals surface area contributed by atoms with Crippen molar-refractivity contribution in [3.8, 4) is 17.3 Å². The summed E-state index contributed by atoms with van der Waals surface area (Å²) in [5.41, 5.74) is 0.241. The van der Waals surface area contributed by atoms with Crippen molar-refractivity contribution in [3.05, 3.63) is 46.0 Å². The predicted molar refractivity (Wildman–Crippen MR) is 100 cm³/mol. The molecule has 1 atom stereocenters. The number of carboxylic acid groups (broad SMARTS) is 1.